The van der Waals surface area contributed by atoms with Crippen molar-refractivity contribution in [2.75, 3.05) is 39.3 Å². The number of para-hydroxylation sites is 2. The summed E-state index contributed by atoms with van der Waals surface area (Å²) in [5.41, 5.74) is 35.3. The molecule has 6 aromatic rings. The Labute approximate surface area is 343 Å². The van der Waals surface area contributed by atoms with E-state index in [9.17, 15) is 9.59 Å². The summed E-state index contributed by atoms with van der Waals surface area (Å²) < 4.78 is 11.8. The first-order chi connectivity index (χ1) is 28.1. The van der Waals surface area contributed by atoms with Gasteiger partial charge in [-0.25, -0.2) is 14.8 Å². The second-order valence-electron chi connectivity index (χ2n) is 13.6. The van der Waals surface area contributed by atoms with Crippen LogP contribution in [0, 0.1) is 13.8 Å². The van der Waals surface area contributed by atoms with Crippen molar-refractivity contribution in [3.05, 3.63) is 120 Å². The molecule has 306 valence electrons. The summed E-state index contributed by atoms with van der Waals surface area (Å²) in [6, 6.07) is 25.7. The molecule has 0 spiro atoms. The molecule has 12 N–H and O–H groups in total. The lowest BCUT2D eigenvalue weighted by molar-refractivity contribution is -0.102. The predicted octanol–water partition coefficient (Wildman–Crippen LogP) is 8.54. The van der Waals surface area contributed by atoms with Crippen molar-refractivity contribution < 1.29 is 19.1 Å². The van der Waals surface area contributed by atoms with Crippen molar-refractivity contribution in [1.29, 1.82) is 0 Å². The topological polar surface area (TPSA) is 271 Å². The van der Waals surface area contributed by atoms with Gasteiger partial charge in [0.1, 0.15) is 11.5 Å². The van der Waals surface area contributed by atoms with Crippen LogP contribution in [-0.4, -0.2) is 38.5 Å². The molecule has 0 saturated heterocycles. The van der Waals surface area contributed by atoms with E-state index in [1.807, 2.05) is 86.6 Å². The molecule has 0 radical (unpaired) electrons. The second kappa shape index (κ2) is 21.0. The molecule has 0 saturated carbocycles. The van der Waals surface area contributed by atoms with Crippen LogP contribution in [0.5, 0.6) is 23.0 Å². The number of hydrogen-bond donors (Lipinski definition) is 7. The lowest BCUT2D eigenvalue weighted by atomic mass is 9.98. The number of ether oxygens (including phenoxy) is 2. The molecule has 2 aromatic heterocycles. The van der Waals surface area contributed by atoms with Gasteiger partial charge in [0.15, 0.2) is 29.4 Å². The molecule has 0 aliphatic rings. The molecule has 0 atom stereocenters. The van der Waals surface area contributed by atoms with E-state index in [2.05, 4.69) is 63.3 Å². The molecule has 4 aromatic carbocycles. The number of aliphatic imine (C=N–C) groups is 1. The largest absolute Gasteiger partial charge is 0.451 e. The fraction of sp³-hybridized carbons (Fsp3) is 0.186. The number of amides is 2. The van der Waals surface area contributed by atoms with E-state index < -0.39 is 0 Å². The van der Waals surface area contributed by atoms with Crippen molar-refractivity contribution in [3.63, 3.8) is 0 Å². The van der Waals surface area contributed by atoms with Crippen LogP contribution in [-0.2, 0) is 4.79 Å². The Balaban J connectivity index is 0.000000220. The van der Waals surface area contributed by atoms with Crippen molar-refractivity contribution in [2.24, 2.45) is 4.99 Å². The van der Waals surface area contributed by atoms with E-state index in [1.54, 1.807) is 12.1 Å². The fourth-order valence-electron chi connectivity index (χ4n) is 5.28. The molecule has 59 heavy (non-hydrogen) atoms. The zero-order valence-corrected chi connectivity index (χ0v) is 33.8. The summed E-state index contributed by atoms with van der Waals surface area (Å²) in [6.45, 7) is 12.2. The van der Waals surface area contributed by atoms with Gasteiger partial charge in [0.2, 0.25) is 11.9 Å². The van der Waals surface area contributed by atoms with Gasteiger partial charge in [-0.3, -0.25) is 9.79 Å². The molecule has 0 aliphatic heterocycles. The van der Waals surface area contributed by atoms with Gasteiger partial charge in [-0.1, -0.05) is 76.2 Å². The number of aryl methyl sites for hydroxylation is 2. The highest BCUT2D eigenvalue weighted by Gasteiger charge is 2.17. The van der Waals surface area contributed by atoms with Gasteiger partial charge in [-0.15, -0.1) is 0 Å². The van der Waals surface area contributed by atoms with Crippen LogP contribution >= 0.6 is 0 Å². The van der Waals surface area contributed by atoms with Crippen LogP contribution in [0.3, 0.4) is 0 Å². The van der Waals surface area contributed by atoms with E-state index in [1.165, 1.54) is 18.6 Å². The zero-order chi connectivity index (χ0) is 43.1. The summed E-state index contributed by atoms with van der Waals surface area (Å²) in [5.74, 6) is 2.88. The number of benzene rings is 4. The minimum Gasteiger partial charge on any atom is -0.451 e. The smallest absolute Gasteiger partial charge is 0.323 e. The lowest BCUT2D eigenvalue weighted by Gasteiger charge is -2.18. The number of nitrogens with one attached hydrogen (secondary N) is 2. The number of aldehydes is 1. The van der Waals surface area contributed by atoms with Gasteiger partial charge in [-0.2, -0.15) is 9.97 Å². The molecule has 16 heteroatoms. The highest BCUT2D eigenvalue weighted by atomic mass is 16.5. The fourth-order valence-corrected chi connectivity index (χ4v) is 5.28. The Bertz CT molecular complexity index is 2370. The van der Waals surface area contributed by atoms with Crippen molar-refractivity contribution in [2.45, 2.75) is 53.4 Å². The number of hydrogen-bond acceptors (Lipinski definition) is 14. The number of carbonyl (C=O) groups excluding carboxylic acids is 2. The third-order valence-corrected chi connectivity index (χ3v) is 8.36. The second-order valence-corrected chi connectivity index (χ2v) is 13.6. The standard InChI is InChI=1S/C21H24N6O2.C14H19N5O.C8H7NO/c1-12(2)15-9-13(3)16(26-21(28)25-14-7-5-4-6-8-14)10-17(15)29-18-11-24-20(23)27-19(18)22;1-7(2)9-4-8(3)10(15)5-11(9)20-12-6-18-14(17)19-13(12)16;10-7-6-9-8-4-2-1-3-5-8/h4-12H,1-3H3,(H2,25,26,28)(H4,22,23,24,27);4-7H,15H2,1-3H3,(H4,16,17,18,19);1-7H. The number of anilines is 7. The lowest BCUT2D eigenvalue weighted by Crippen LogP contribution is -2.20. The number of rotatable bonds is 10. The van der Waals surface area contributed by atoms with Crippen molar-refractivity contribution in [3.8, 4) is 23.0 Å². The first-order valence-corrected chi connectivity index (χ1v) is 18.5. The van der Waals surface area contributed by atoms with Gasteiger partial charge in [-0.05, 0) is 72.2 Å². The maximum atomic E-state index is 12.4. The zero-order valence-electron chi connectivity index (χ0n) is 33.8. The van der Waals surface area contributed by atoms with E-state index in [4.69, 9.17) is 38.1 Å². The number of aromatic nitrogens is 4. The first-order valence-electron chi connectivity index (χ1n) is 18.5. The summed E-state index contributed by atoms with van der Waals surface area (Å²) in [7, 11) is 0. The first kappa shape index (κ1) is 44.0. The van der Waals surface area contributed by atoms with Gasteiger partial charge in [0, 0.05) is 29.2 Å². The van der Waals surface area contributed by atoms with Gasteiger partial charge < -0.3 is 48.8 Å². The van der Waals surface area contributed by atoms with Gasteiger partial charge in [0.25, 0.3) is 0 Å². The molecule has 2 amide bonds. The molecule has 0 bridgehead atoms. The van der Waals surface area contributed by atoms with E-state index in [0.717, 1.165) is 27.9 Å². The SMILES string of the molecule is Cc1cc(C(C)C)c(Oc2cnc(N)nc2N)cc1N.Cc1cc(C(C)C)c(Oc2cnc(N)nc2N)cc1NC(=O)Nc1ccccc1.O=CC=Nc1ccccc1. The van der Waals surface area contributed by atoms with E-state index >= 15 is 0 Å². The Morgan fingerprint density at radius 2 is 1.15 bits per heavy atom. The Hall–Kier alpha value is -7.75. The van der Waals surface area contributed by atoms with Crippen LogP contribution in [0.1, 0.15) is 61.8 Å². The van der Waals surface area contributed by atoms with Crippen LogP contribution in [0.4, 0.5) is 51.1 Å². The Morgan fingerprint density at radius 1 is 0.661 bits per heavy atom. The van der Waals surface area contributed by atoms with E-state index in [0.29, 0.717) is 52.3 Å². The van der Waals surface area contributed by atoms with Crippen LogP contribution in [0.15, 0.2) is 102 Å². The molecular formula is C43H50N12O4. The molecule has 0 aliphatic carbocycles. The average molecular weight is 799 g/mol. The summed E-state index contributed by atoms with van der Waals surface area (Å²) in [4.78, 5) is 41.7. The average Bonchev–Trinajstić information content (AvgIpc) is 3.19. The third kappa shape index (κ3) is 13.2. The summed E-state index contributed by atoms with van der Waals surface area (Å²) >= 11 is 0. The summed E-state index contributed by atoms with van der Waals surface area (Å²) in [6.07, 6.45) is 4.77. The van der Waals surface area contributed by atoms with Crippen LogP contribution < -0.4 is 48.8 Å². The van der Waals surface area contributed by atoms with Gasteiger partial charge >= 0.3 is 6.03 Å². The van der Waals surface area contributed by atoms with Gasteiger partial charge in [0.05, 0.1) is 24.3 Å². The Kier molecular flexibility index (Phi) is 15.6. The maximum absolute atomic E-state index is 12.4. The molecule has 0 fully saturated rings. The third-order valence-electron chi connectivity index (χ3n) is 8.36. The number of nitrogens with zero attached hydrogens (tertiary/aromatic N) is 5. The van der Waals surface area contributed by atoms with Crippen molar-refractivity contribution >= 4 is 64.8 Å². The molecule has 16 nitrogen and oxygen atoms in total. The van der Waals surface area contributed by atoms with Crippen LogP contribution in [0.25, 0.3) is 0 Å². The van der Waals surface area contributed by atoms with Crippen LogP contribution in [0.2, 0.25) is 0 Å². The monoisotopic (exact) mass is 798 g/mol. The molecule has 6 rings (SSSR count). The number of nitrogen functional groups attached to an aromatic ring is 5. The molecule has 2 heterocycles. The number of nitrogens with two attached hydrogens (primary N) is 5. The van der Waals surface area contributed by atoms with E-state index in [-0.39, 0.29) is 35.5 Å². The Morgan fingerprint density at radius 3 is 1.64 bits per heavy atom. The number of carbonyl (C=O) groups is 2. The highest BCUT2D eigenvalue weighted by Crippen LogP contribution is 2.37. The maximum Gasteiger partial charge on any atom is 0.323 e. The minimum absolute atomic E-state index is 0.0720. The van der Waals surface area contributed by atoms with Crippen molar-refractivity contribution in [1.82, 2.24) is 19.9 Å². The predicted molar refractivity (Wildman–Crippen MR) is 237 cm³/mol. The number of urea groups is 1. The molecule has 0 unspecified atom stereocenters. The quantitative estimate of drug-likeness (QED) is 0.0389. The highest BCUT2D eigenvalue weighted by molar-refractivity contribution is 6.13. The molecular weight excluding hydrogens is 749 g/mol. The summed E-state index contributed by atoms with van der Waals surface area (Å²) in [5, 5.41) is 5.66. The minimum atomic E-state index is -0.349. The normalized spacial score (nSPS) is 10.6.